The molecule has 2 unspecified atom stereocenters. The van der Waals surface area contributed by atoms with E-state index in [1.165, 1.54) is 0 Å². The van der Waals surface area contributed by atoms with Crippen LogP contribution in [0.1, 0.15) is 26.7 Å². The molecule has 0 fully saturated rings. The normalized spacial score (nSPS) is 15.2. The van der Waals surface area contributed by atoms with Crippen molar-refractivity contribution in [2.45, 2.75) is 38.9 Å². The van der Waals surface area contributed by atoms with Crippen molar-refractivity contribution >= 4 is 0 Å². The average Bonchev–Trinajstić information content (AvgIpc) is 1.82. The fourth-order valence-corrected chi connectivity index (χ4v) is 0.602. The molecule has 2 N–H and O–H groups in total. The van der Waals surface area contributed by atoms with Crippen LogP contribution in [0.5, 0.6) is 0 Å². The second-order valence-corrected chi connectivity index (χ2v) is 2.28. The van der Waals surface area contributed by atoms with E-state index >= 15 is 0 Å². The Morgan fingerprint density at radius 2 is 2.00 bits per heavy atom. The highest BCUT2D eigenvalue weighted by Gasteiger charge is 2.02. The first-order chi connectivity index (χ1) is 4.66. The van der Waals surface area contributed by atoms with Crippen LogP contribution in [0.15, 0.2) is 0 Å². The molecule has 0 heterocycles. The molecule has 2 atom stereocenters. The summed E-state index contributed by atoms with van der Waals surface area (Å²) < 4.78 is 0. The lowest BCUT2D eigenvalue weighted by molar-refractivity contribution is 0.121. The van der Waals surface area contributed by atoms with Crippen molar-refractivity contribution in [2.24, 2.45) is 0 Å². The smallest absolute Gasteiger partial charge is 0.117 e. The summed E-state index contributed by atoms with van der Waals surface area (Å²) >= 11 is 0. The minimum atomic E-state index is -0.667. The maximum atomic E-state index is 9.02. The van der Waals surface area contributed by atoms with E-state index in [9.17, 15) is 0 Å². The van der Waals surface area contributed by atoms with Gasteiger partial charge in [-0.05, 0) is 6.92 Å². The largest absolute Gasteiger partial charge is 0.393 e. The summed E-state index contributed by atoms with van der Waals surface area (Å²) in [5, 5.41) is 17.8. The first-order valence-corrected chi connectivity index (χ1v) is 3.51. The number of rotatable bonds is 2. The van der Waals surface area contributed by atoms with Crippen LogP contribution in [-0.2, 0) is 0 Å². The standard InChI is InChI=1S/C8H14O2/c1-3-4-5-8(10)6-7(2)9/h7-10H,3,6H2,1-2H3. The van der Waals surface area contributed by atoms with Gasteiger partial charge in [0, 0.05) is 12.8 Å². The number of aliphatic hydroxyl groups excluding tert-OH is 2. The summed E-state index contributed by atoms with van der Waals surface area (Å²) in [6.45, 7) is 3.55. The molecule has 58 valence electrons. The van der Waals surface area contributed by atoms with E-state index in [0.29, 0.717) is 6.42 Å². The van der Waals surface area contributed by atoms with Crippen molar-refractivity contribution in [3.05, 3.63) is 0 Å². The van der Waals surface area contributed by atoms with Gasteiger partial charge in [-0.25, -0.2) is 0 Å². The van der Waals surface area contributed by atoms with Crippen molar-refractivity contribution in [1.82, 2.24) is 0 Å². The molecule has 0 saturated heterocycles. The topological polar surface area (TPSA) is 40.5 Å². The summed E-state index contributed by atoms with van der Waals surface area (Å²) in [7, 11) is 0. The van der Waals surface area contributed by atoms with E-state index in [1.54, 1.807) is 6.92 Å². The number of hydrogen-bond donors (Lipinski definition) is 2. The molecular weight excluding hydrogens is 128 g/mol. The average molecular weight is 142 g/mol. The van der Waals surface area contributed by atoms with E-state index in [4.69, 9.17) is 10.2 Å². The van der Waals surface area contributed by atoms with Gasteiger partial charge in [-0.15, -0.1) is 5.92 Å². The van der Waals surface area contributed by atoms with Crippen LogP contribution in [0.4, 0.5) is 0 Å². The third-order valence-electron chi connectivity index (χ3n) is 1.01. The predicted octanol–water partition coefficient (Wildman–Crippen LogP) is 0.532. The van der Waals surface area contributed by atoms with E-state index in [1.807, 2.05) is 6.92 Å². The van der Waals surface area contributed by atoms with Crippen LogP contribution < -0.4 is 0 Å². The molecule has 10 heavy (non-hydrogen) atoms. The Bertz CT molecular complexity index is 130. The second-order valence-electron chi connectivity index (χ2n) is 2.28. The van der Waals surface area contributed by atoms with Gasteiger partial charge in [0.15, 0.2) is 0 Å². The number of hydrogen-bond acceptors (Lipinski definition) is 2. The fourth-order valence-electron chi connectivity index (χ4n) is 0.602. The van der Waals surface area contributed by atoms with E-state index in [-0.39, 0.29) is 0 Å². The van der Waals surface area contributed by atoms with Crippen LogP contribution in [0, 0.1) is 11.8 Å². The van der Waals surface area contributed by atoms with Gasteiger partial charge in [-0.2, -0.15) is 0 Å². The highest BCUT2D eigenvalue weighted by atomic mass is 16.3. The summed E-state index contributed by atoms with van der Waals surface area (Å²) in [4.78, 5) is 0. The monoisotopic (exact) mass is 142 g/mol. The van der Waals surface area contributed by atoms with Gasteiger partial charge in [-0.1, -0.05) is 12.8 Å². The lowest BCUT2D eigenvalue weighted by atomic mass is 10.2. The summed E-state index contributed by atoms with van der Waals surface area (Å²) in [5.41, 5.74) is 0. The Hall–Kier alpha value is -0.520. The minimum absolute atomic E-state index is 0.340. The van der Waals surface area contributed by atoms with Crippen LogP contribution >= 0.6 is 0 Å². The zero-order valence-corrected chi connectivity index (χ0v) is 6.46. The van der Waals surface area contributed by atoms with Gasteiger partial charge in [0.05, 0.1) is 6.10 Å². The highest BCUT2D eigenvalue weighted by Crippen LogP contribution is 1.94. The van der Waals surface area contributed by atoms with Gasteiger partial charge >= 0.3 is 0 Å². The van der Waals surface area contributed by atoms with Crippen molar-refractivity contribution < 1.29 is 10.2 Å². The molecule has 0 saturated carbocycles. The fraction of sp³-hybridized carbons (Fsp3) is 0.750. The molecule has 0 aliphatic heterocycles. The van der Waals surface area contributed by atoms with Crippen LogP contribution in [0.3, 0.4) is 0 Å². The van der Waals surface area contributed by atoms with Crippen LogP contribution in [0.25, 0.3) is 0 Å². The number of aliphatic hydroxyl groups is 2. The Morgan fingerprint density at radius 3 is 2.40 bits per heavy atom. The van der Waals surface area contributed by atoms with Gasteiger partial charge in [0.2, 0.25) is 0 Å². The first kappa shape index (κ1) is 9.48. The van der Waals surface area contributed by atoms with Crippen molar-refractivity contribution in [3.8, 4) is 11.8 Å². The molecule has 0 aromatic carbocycles. The maximum Gasteiger partial charge on any atom is 0.117 e. The lowest BCUT2D eigenvalue weighted by Gasteiger charge is -2.04. The SMILES string of the molecule is CCC#CC(O)CC(C)O. The minimum Gasteiger partial charge on any atom is -0.393 e. The molecule has 0 radical (unpaired) electrons. The summed E-state index contributed by atoms with van der Waals surface area (Å²) in [6, 6.07) is 0. The molecule has 0 bridgehead atoms. The zero-order chi connectivity index (χ0) is 7.98. The Balaban J connectivity index is 3.52. The van der Waals surface area contributed by atoms with Crippen LogP contribution in [-0.4, -0.2) is 22.4 Å². The molecule has 0 aromatic heterocycles. The molecule has 2 heteroatoms. The van der Waals surface area contributed by atoms with Crippen LogP contribution in [0.2, 0.25) is 0 Å². The lowest BCUT2D eigenvalue weighted by Crippen LogP contribution is -2.12. The summed E-state index contributed by atoms with van der Waals surface area (Å²) in [5.74, 6) is 5.35. The van der Waals surface area contributed by atoms with Gasteiger partial charge in [0.25, 0.3) is 0 Å². The molecular formula is C8H14O2. The molecule has 2 nitrogen and oxygen atoms in total. The van der Waals surface area contributed by atoms with Gasteiger partial charge in [0.1, 0.15) is 6.10 Å². The molecule has 0 aliphatic rings. The quantitative estimate of drug-likeness (QED) is 0.552. The van der Waals surface area contributed by atoms with Gasteiger partial charge < -0.3 is 10.2 Å². The molecule has 0 spiro atoms. The Labute approximate surface area is 61.9 Å². The molecule has 0 aliphatic carbocycles. The third kappa shape index (κ3) is 5.61. The van der Waals surface area contributed by atoms with Crippen molar-refractivity contribution in [1.29, 1.82) is 0 Å². The van der Waals surface area contributed by atoms with Crippen molar-refractivity contribution in [3.63, 3.8) is 0 Å². The van der Waals surface area contributed by atoms with E-state index < -0.39 is 12.2 Å². The zero-order valence-electron chi connectivity index (χ0n) is 6.46. The Kier molecular flexibility index (Phi) is 5.00. The predicted molar refractivity (Wildman–Crippen MR) is 40.4 cm³/mol. The summed E-state index contributed by atoms with van der Waals surface area (Å²) in [6.07, 6.45) is -0.0507. The highest BCUT2D eigenvalue weighted by molar-refractivity contribution is 5.03. The first-order valence-electron chi connectivity index (χ1n) is 3.51. The van der Waals surface area contributed by atoms with Crippen molar-refractivity contribution in [2.75, 3.05) is 0 Å². The third-order valence-corrected chi connectivity index (χ3v) is 1.01. The molecule has 0 rings (SSSR count). The second kappa shape index (κ2) is 5.28. The van der Waals surface area contributed by atoms with E-state index in [0.717, 1.165) is 6.42 Å². The van der Waals surface area contributed by atoms with Gasteiger partial charge in [-0.3, -0.25) is 0 Å². The Morgan fingerprint density at radius 1 is 1.40 bits per heavy atom. The molecule has 0 amide bonds. The molecule has 0 aromatic rings. The van der Waals surface area contributed by atoms with E-state index in [2.05, 4.69) is 11.8 Å². The maximum absolute atomic E-state index is 9.02.